The van der Waals surface area contributed by atoms with E-state index >= 15 is 0 Å². The van der Waals surface area contributed by atoms with Gasteiger partial charge >= 0.3 is 5.97 Å². The molecule has 1 aliphatic heterocycles. The first kappa shape index (κ1) is 9.83. The molecule has 80 valence electrons. The molecule has 4 heteroatoms. The third-order valence-electron chi connectivity index (χ3n) is 2.74. The van der Waals surface area contributed by atoms with Gasteiger partial charge in [0.1, 0.15) is 17.6 Å². The molecule has 0 saturated carbocycles. The summed E-state index contributed by atoms with van der Waals surface area (Å²) in [4.78, 5) is 10.8. The molecule has 2 N–H and O–H groups in total. The number of carboxylic acids is 1. The molecule has 0 fully saturated rings. The Bertz CT molecular complexity index is 400. The molecule has 2 atom stereocenters. The van der Waals surface area contributed by atoms with Crippen molar-refractivity contribution < 1.29 is 19.7 Å². The van der Waals surface area contributed by atoms with Crippen LogP contribution in [0.1, 0.15) is 12.5 Å². The standard InChI is InChI=1S/C11H12O4/c1-6(11(13)14)10-5-7-8(12)3-2-4-9(7)15-10/h2-4,6,10,12H,5H2,1H3,(H,13,14). The second-order valence-electron chi connectivity index (χ2n) is 3.74. The number of aliphatic carboxylic acids is 1. The van der Waals surface area contributed by atoms with Crippen LogP contribution in [0, 0.1) is 5.92 Å². The average molecular weight is 208 g/mol. The van der Waals surface area contributed by atoms with E-state index in [1.165, 1.54) is 0 Å². The van der Waals surface area contributed by atoms with E-state index in [1.54, 1.807) is 25.1 Å². The fourth-order valence-corrected chi connectivity index (χ4v) is 1.71. The van der Waals surface area contributed by atoms with Crippen LogP contribution in [-0.4, -0.2) is 22.3 Å². The molecule has 0 amide bonds. The first-order valence-electron chi connectivity index (χ1n) is 4.80. The van der Waals surface area contributed by atoms with E-state index < -0.39 is 11.9 Å². The number of benzene rings is 1. The maximum absolute atomic E-state index is 10.8. The lowest BCUT2D eigenvalue weighted by atomic mass is 9.99. The summed E-state index contributed by atoms with van der Waals surface area (Å²) in [5.74, 6) is -0.690. The van der Waals surface area contributed by atoms with Crippen molar-refractivity contribution in [3.05, 3.63) is 23.8 Å². The van der Waals surface area contributed by atoms with Gasteiger partial charge in [-0.25, -0.2) is 0 Å². The van der Waals surface area contributed by atoms with Crippen LogP contribution in [0.3, 0.4) is 0 Å². The zero-order chi connectivity index (χ0) is 11.0. The highest BCUT2D eigenvalue weighted by atomic mass is 16.5. The zero-order valence-electron chi connectivity index (χ0n) is 8.30. The van der Waals surface area contributed by atoms with Crippen LogP contribution in [0.25, 0.3) is 0 Å². The highest BCUT2D eigenvalue weighted by molar-refractivity contribution is 5.70. The molecule has 0 spiro atoms. The molecule has 1 heterocycles. The average Bonchev–Trinajstić information content (AvgIpc) is 2.61. The molecular formula is C11H12O4. The Balaban J connectivity index is 2.23. The molecule has 0 aliphatic carbocycles. The van der Waals surface area contributed by atoms with Crippen molar-refractivity contribution in [3.63, 3.8) is 0 Å². The summed E-state index contributed by atoms with van der Waals surface area (Å²) in [6, 6.07) is 5.00. The molecule has 1 aromatic rings. The van der Waals surface area contributed by atoms with Gasteiger partial charge in [0.15, 0.2) is 0 Å². The van der Waals surface area contributed by atoms with Crippen LogP contribution in [0.5, 0.6) is 11.5 Å². The summed E-state index contributed by atoms with van der Waals surface area (Å²) in [6.07, 6.45) is 0.0703. The number of carbonyl (C=O) groups is 1. The van der Waals surface area contributed by atoms with Crippen molar-refractivity contribution in [2.24, 2.45) is 5.92 Å². The molecule has 0 aromatic heterocycles. The SMILES string of the molecule is CC(C(=O)O)C1Cc2c(O)cccc2O1. The predicted molar refractivity (Wildman–Crippen MR) is 53.0 cm³/mol. The lowest BCUT2D eigenvalue weighted by Crippen LogP contribution is -2.29. The summed E-state index contributed by atoms with van der Waals surface area (Å²) in [5.41, 5.74) is 0.704. The molecule has 0 bridgehead atoms. The van der Waals surface area contributed by atoms with Gasteiger partial charge in [0.05, 0.1) is 5.92 Å². The Morgan fingerprint density at radius 3 is 2.93 bits per heavy atom. The predicted octanol–water partition coefficient (Wildman–Crippen LogP) is 1.42. The van der Waals surface area contributed by atoms with E-state index in [9.17, 15) is 9.90 Å². The van der Waals surface area contributed by atoms with Crippen molar-refractivity contribution in [1.82, 2.24) is 0 Å². The van der Waals surface area contributed by atoms with Crippen LogP contribution in [0.4, 0.5) is 0 Å². The van der Waals surface area contributed by atoms with Crippen molar-refractivity contribution in [1.29, 1.82) is 0 Å². The molecule has 0 radical (unpaired) electrons. The minimum atomic E-state index is -0.882. The summed E-state index contributed by atoms with van der Waals surface area (Å²) < 4.78 is 5.47. The number of carboxylic acid groups (broad SMARTS) is 1. The van der Waals surface area contributed by atoms with E-state index in [2.05, 4.69) is 0 Å². The van der Waals surface area contributed by atoms with E-state index in [0.29, 0.717) is 17.7 Å². The molecular weight excluding hydrogens is 196 g/mol. The summed E-state index contributed by atoms with van der Waals surface area (Å²) in [7, 11) is 0. The Morgan fingerprint density at radius 1 is 1.60 bits per heavy atom. The Labute approximate surface area is 87.1 Å². The van der Waals surface area contributed by atoms with Gasteiger partial charge in [0.2, 0.25) is 0 Å². The van der Waals surface area contributed by atoms with Gasteiger partial charge in [0.25, 0.3) is 0 Å². The Kier molecular flexibility index (Phi) is 2.26. The minimum absolute atomic E-state index is 0.174. The fraction of sp³-hybridized carbons (Fsp3) is 0.364. The third-order valence-corrected chi connectivity index (χ3v) is 2.74. The number of phenols is 1. The summed E-state index contributed by atoms with van der Waals surface area (Å²) in [5, 5.41) is 18.4. The first-order chi connectivity index (χ1) is 7.09. The number of phenolic OH excluding ortho intramolecular Hbond substituents is 1. The quantitative estimate of drug-likeness (QED) is 0.771. The minimum Gasteiger partial charge on any atom is -0.508 e. The van der Waals surface area contributed by atoms with Gasteiger partial charge in [0, 0.05) is 12.0 Å². The number of hydrogen-bond acceptors (Lipinski definition) is 3. The third kappa shape index (κ3) is 1.63. The maximum Gasteiger partial charge on any atom is 0.309 e. The molecule has 4 nitrogen and oxygen atoms in total. The van der Waals surface area contributed by atoms with Gasteiger partial charge in [-0.1, -0.05) is 6.07 Å². The smallest absolute Gasteiger partial charge is 0.309 e. The lowest BCUT2D eigenvalue weighted by Gasteiger charge is -2.14. The van der Waals surface area contributed by atoms with Crippen LogP contribution < -0.4 is 4.74 Å². The topological polar surface area (TPSA) is 66.8 Å². The van der Waals surface area contributed by atoms with Gasteiger partial charge < -0.3 is 14.9 Å². The van der Waals surface area contributed by atoms with E-state index in [1.807, 2.05) is 0 Å². The van der Waals surface area contributed by atoms with Crippen LogP contribution in [0.15, 0.2) is 18.2 Å². The largest absolute Gasteiger partial charge is 0.508 e. The van der Waals surface area contributed by atoms with Crippen LogP contribution in [-0.2, 0) is 11.2 Å². The van der Waals surface area contributed by atoms with Crippen molar-refractivity contribution in [2.45, 2.75) is 19.4 Å². The molecule has 2 rings (SSSR count). The summed E-state index contributed by atoms with van der Waals surface area (Å²) >= 11 is 0. The lowest BCUT2D eigenvalue weighted by molar-refractivity contribution is -0.143. The molecule has 2 unspecified atom stereocenters. The van der Waals surface area contributed by atoms with E-state index in [-0.39, 0.29) is 11.9 Å². The van der Waals surface area contributed by atoms with Gasteiger partial charge in [-0.2, -0.15) is 0 Å². The van der Waals surface area contributed by atoms with Crippen LogP contribution in [0.2, 0.25) is 0 Å². The Hall–Kier alpha value is -1.71. The normalized spacial score (nSPS) is 20.5. The monoisotopic (exact) mass is 208 g/mol. The number of hydrogen-bond donors (Lipinski definition) is 2. The summed E-state index contributed by atoms with van der Waals surface area (Å²) in [6.45, 7) is 1.61. The number of fused-ring (bicyclic) bond motifs is 1. The number of ether oxygens (including phenoxy) is 1. The van der Waals surface area contributed by atoms with Gasteiger partial charge in [-0.15, -0.1) is 0 Å². The highest BCUT2D eigenvalue weighted by Gasteiger charge is 2.33. The van der Waals surface area contributed by atoms with Crippen molar-refractivity contribution in [3.8, 4) is 11.5 Å². The molecule has 15 heavy (non-hydrogen) atoms. The first-order valence-corrected chi connectivity index (χ1v) is 4.80. The van der Waals surface area contributed by atoms with Gasteiger partial charge in [-0.05, 0) is 19.1 Å². The second-order valence-corrected chi connectivity index (χ2v) is 3.74. The van der Waals surface area contributed by atoms with Crippen LogP contribution >= 0.6 is 0 Å². The molecule has 0 saturated heterocycles. The number of rotatable bonds is 2. The van der Waals surface area contributed by atoms with Crippen molar-refractivity contribution >= 4 is 5.97 Å². The Morgan fingerprint density at radius 2 is 2.33 bits per heavy atom. The highest BCUT2D eigenvalue weighted by Crippen LogP contribution is 2.37. The van der Waals surface area contributed by atoms with Crippen molar-refractivity contribution in [2.75, 3.05) is 0 Å². The zero-order valence-corrected chi connectivity index (χ0v) is 8.30. The fourth-order valence-electron chi connectivity index (χ4n) is 1.71. The van der Waals surface area contributed by atoms with E-state index in [4.69, 9.17) is 9.84 Å². The maximum atomic E-state index is 10.8. The van der Waals surface area contributed by atoms with E-state index in [0.717, 1.165) is 0 Å². The molecule has 1 aromatic carbocycles. The second kappa shape index (κ2) is 3.46. The molecule has 1 aliphatic rings. The number of aromatic hydroxyl groups is 1. The van der Waals surface area contributed by atoms with Gasteiger partial charge in [-0.3, -0.25) is 4.79 Å².